The van der Waals surface area contributed by atoms with Gasteiger partial charge in [-0.1, -0.05) is 24.3 Å². The maximum absolute atomic E-state index is 12.1. The Kier molecular flexibility index (Phi) is 6.87. The minimum Gasteiger partial charge on any atom is -0.384 e. The zero-order chi connectivity index (χ0) is 26.8. The summed E-state index contributed by atoms with van der Waals surface area (Å²) in [4.78, 5) is 26.9. The number of nitrogens with zero attached hydrogens (tertiary/aromatic N) is 8. The SMILES string of the molecule is Cc1cc(N)nc(C)c1CCc1ncnc2nn(Cc3ccc(Cn4ccc(C(=O)N(C)C)n4)cc3)cc12. The van der Waals surface area contributed by atoms with E-state index < -0.39 is 0 Å². The van der Waals surface area contributed by atoms with Crippen LogP contribution in [0.2, 0.25) is 0 Å². The van der Waals surface area contributed by atoms with Crippen LogP contribution in [0.15, 0.2) is 55.1 Å². The van der Waals surface area contributed by atoms with E-state index in [1.54, 1.807) is 31.2 Å². The smallest absolute Gasteiger partial charge is 0.273 e. The largest absolute Gasteiger partial charge is 0.384 e. The molecule has 4 aromatic heterocycles. The van der Waals surface area contributed by atoms with Crippen molar-refractivity contribution in [2.45, 2.75) is 39.8 Å². The van der Waals surface area contributed by atoms with Gasteiger partial charge in [0.05, 0.1) is 24.2 Å². The second kappa shape index (κ2) is 10.4. The lowest BCUT2D eigenvalue weighted by Gasteiger charge is -2.10. The van der Waals surface area contributed by atoms with E-state index in [-0.39, 0.29) is 5.91 Å². The van der Waals surface area contributed by atoms with Gasteiger partial charge in [-0.2, -0.15) is 10.2 Å². The summed E-state index contributed by atoms with van der Waals surface area (Å²) in [5.74, 6) is 0.445. The number of hydrogen-bond donors (Lipinski definition) is 1. The molecule has 5 aromatic rings. The number of fused-ring (bicyclic) bond motifs is 1. The second-order valence-corrected chi connectivity index (χ2v) is 9.73. The third-order valence-corrected chi connectivity index (χ3v) is 6.61. The quantitative estimate of drug-likeness (QED) is 0.341. The summed E-state index contributed by atoms with van der Waals surface area (Å²) < 4.78 is 3.68. The topological polar surface area (TPSA) is 121 Å². The van der Waals surface area contributed by atoms with E-state index in [2.05, 4.69) is 56.3 Å². The fraction of sp³-hybridized carbons (Fsp3) is 0.286. The van der Waals surface area contributed by atoms with Crippen molar-refractivity contribution in [3.8, 4) is 0 Å². The third kappa shape index (κ3) is 5.39. The number of amides is 1. The number of anilines is 1. The first-order valence-corrected chi connectivity index (χ1v) is 12.5. The van der Waals surface area contributed by atoms with Crippen molar-refractivity contribution in [2.24, 2.45) is 0 Å². The van der Waals surface area contributed by atoms with Gasteiger partial charge >= 0.3 is 0 Å². The number of carbonyl (C=O) groups is 1. The van der Waals surface area contributed by atoms with Crippen LogP contribution in [0.1, 0.15) is 44.1 Å². The zero-order valence-electron chi connectivity index (χ0n) is 22.1. The molecule has 0 fully saturated rings. The van der Waals surface area contributed by atoms with Crippen LogP contribution in [0, 0.1) is 13.8 Å². The van der Waals surface area contributed by atoms with Gasteiger partial charge in [0.15, 0.2) is 5.65 Å². The molecule has 38 heavy (non-hydrogen) atoms. The van der Waals surface area contributed by atoms with E-state index in [4.69, 9.17) is 5.73 Å². The molecule has 2 N–H and O–H groups in total. The number of carbonyl (C=O) groups excluding carboxylic acids is 1. The summed E-state index contributed by atoms with van der Waals surface area (Å²) in [6.45, 7) is 5.28. The van der Waals surface area contributed by atoms with E-state index in [9.17, 15) is 4.79 Å². The minimum absolute atomic E-state index is 0.106. The molecule has 1 aromatic carbocycles. The molecule has 0 bridgehead atoms. The van der Waals surface area contributed by atoms with Gasteiger partial charge in [0.1, 0.15) is 17.8 Å². The molecule has 0 aliphatic heterocycles. The van der Waals surface area contributed by atoms with Gasteiger partial charge in [0.25, 0.3) is 5.91 Å². The Hall–Kier alpha value is -4.60. The lowest BCUT2D eigenvalue weighted by Crippen LogP contribution is -2.22. The second-order valence-electron chi connectivity index (χ2n) is 9.73. The molecule has 0 saturated heterocycles. The molecule has 5 rings (SSSR count). The van der Waals surface area contributed by atoms with Crippen molar-refractivity contribution in [1.29, 1.82) is 0 Å². The number of benzene rings is 1. The van der Waals surface area contributed by atoms with E-state index in [1.807, 2.05) is 30.1 Å². The average molecular weight is 510 g/mol. The Bertz CT molecular complexity index is 1580. The summed E-state index contributed by atoms with van der Waals surface area (Å²) in [5, 5.41) is 10.0. The van der Waals surface area contributed by atoms with Gasteiger partial charge in [0, 0.05) is 32.2 Å². The first-order valence-electron chi connectivity index (χ1n) is 12.5. The Morgan fingerprint density at radius 3 is 2.34 bits per heavy atom. The van der Waals surface area contributed by atoms with Crippen molar-refractivity contribution in [3.63, 3.8) is 0 Å². The van der Waals surface area contributed by atoms with Gasteiger partial charge in [-0.15, -0.1) is 0 Å². The van der Waals surface area contributed by atoms with Crippen molar-refractivity contribution >= 4 is 22.8 Å². The number of nitrogens with two attached hydrogens (primary N) is 1. The lowest BCUT2D eigenvalue weighted by atomic mass is 10.0. The van der Waals surface area contributed by atoms with Crippen molar-refractivity contribution in [1.82, 2.24) is 39.4 Å². The van der Waals surface area contributed by atoms with Crippen LogP contribution in [0.5, 0.6) is 0 Å². The maximum Gasteiger partial charge on any atom is 0.273 e. The summed E-state index contributed by atoms with van der Waals surface area (Å²) in [6, 6.07) is 12.0. The van der Waals surface area contributed by atoms with Gasteiger partial charge in [0.2, 0.25) is 0 Å². The Morgan fingerprint density at radius 1 is 0.947 bits per heavy atom. The van der Waals surface area contributed by atoms with Gasteiger partial charge in [-0.25, -0.2) is 15.0 Å². The number of aromatic nitrogens is 7. The van der Waals surface area contributed by atoms with Crippen molar-refractivity contribution in [2.75, 3.05) is 19.8 Å². The highest BCUT2D eigenvalue weighted by Crippen LogP contribution is 2.20. The number of nitrogen functional groups attached to an aromatic ring is 1. The molecule has 0 unspecified atom stereocenters. The van der Waals surface area contributed by atoms with Crippen LogP contribution >= 0.6 is 0 Å². The Balaban J connectivity index is 1.26. The van der Waals surface area contributed by atoms with Crippen molar-refractivity contribution < 1.29 is 4.79 Å². The molecule has 0 aliphatic carbocycles. The molecule has 0 atom stereocenters. The van der Waals surface area contributed by atoms with Crippen LogP contribution < -0.4 is 5.73 Å². The molecule has 10 heteroatoms. The average Bonchev–Trinajstić information content (AvgIpc) is 3.51. The predicted octanol–water partition coefficient (Wildman–Crippen LogP) is 3.20. The number of rotatable bonds is 8. The monoisotopic (exact) mass is 509 g/mol. The van der Waals surface area contributed by atoms with Crippen LogP contribution in [-0.4, -0.2) is 59.4 Å². The fourth-order valence-electron chi connectivity index (χ4n) is 4.64. The van der Waals surface area contributed by atoms with Gasteiger partial charge in [-0.3, -0.25) is 14.2 Å². The van der Waals surface area contributed by atoms with Crippen LogP contribution in [0.4, 0.5) is 5.82 Å². The molecular weight excluding hydrogens is 478 g/mol. The normalized spacial score (nSPS) is 11.3. The van der Waals surface area contributed by atoms with E-state index in [0.717, 1.165) is 46.3 Å². The summed E-state index contributed by atoms with van der Waals surface area (Å²) in [7, 11) is 3.44. The summed E-state index contributed by atoms with van der Waals surface area (Å²) >= 11 is 0. The highest BCUT2D eigenvalue weighted by molar-refractivity contribution is 5.91. The first kappa shape index (κ1) is 25.1. The lowest BCUT2D eigenvalue weighted by molar-refractivity contribution is 0.0821. The Morgan fingerprint density at radius 2 is 1.66 bits per heavy atom. The molecule has 0 saturated carbocycles. The van der Waals surface area contributed by atoms with E-state index in [0.29, 0.717) is 30.2 Å². The van der Waals surface area contributed by atoms with E-state index >= 15 is 0 Å². The summed E-state index contributed by atoms with van der Waals surface area (Å²) in [6.07, 6.45) is 7.02. The molecule has 0 spiro atoms. The van der Waals surface area contributed by atoms with Gasteiger partial charge in [-0.05, 0) is 61.1 Å². The highest BCUT2D eigenvalue weighted by atomic mass is 16.2. The molecule has 10 nitrogen and oxygen atoms in total. The fourth-order valence-corrected chi connectivity index (χ4v) is 4.64. The van der Waals surface area contributed by atoms with Crippen LogP contribution in [-0.2, 0) is 25.9 Å². The zero-order valence-corrected chi connectivity index (χ0v) is 22.1. The highest BCUT2D eigenvalue weighted by Gasteiger charge is 2.13. The van der Waals surface area contributed by atoms with E-state index in [1.165, 1.54) is 10.5 Å². The summed E-state index contributed by atoms with van der Waals surface area (Å²) in [5.41, 5.74) is 13.5. The molecule has 0 radical (unpaired) electrons. The standard InChI is InChI=1S/C28H31N9O/c1-18-13-26(29)32-19(2)22(18)9-10-24-23-16-37(34-27(23)31-17-30-24)15-21-7-5-20(6-8-21)14-36-12-11-25(33-36)28(38)35(3)4/h5-8,11-13,16-17H,9-10,14-15H2,1-4H3,(H2,29,32). The maximum atomic E-state index is 12.1. The number of pyridine rings is 1. The van der Waals surface area contributed by atoms with Gasteiger partial charge < -0.3 is 10.6 Å². The van der Waals surface area contributed by atoms with Crippen LogP contribution in [0.3, 0.4) is 0 Å². The molecule has 194 valence electrons. The molecule has 0 aliphatic rings. The van der Waals surface area contributed by atoms with Crippen molar-refractivity contribution in [3.05, 3.63) is 94.5 Å². The molecule has 4 heterocycles. The van der Waals surface area contributed by atoms with Crippen LogP contribution in [0.25, 0.3) is 11.0 Å². The molecular formula is C28H31N9O. The first-order chi connectivity index (χ1) is 18.3. The molecule has 1 amide bonds. The predicted molar refractivity (Wildman–Crippen MR) is 146 cm³/mol. The number of hydrogen-bond acceptors (Lipinski definition) is 7. The Labute approximate surface area is 221 Å². The minimum atomic E-state index is -0.106. The number of aryl methyl sites for hydroxylation is 3. The third-order valence-electron chi connectivity index (χ3n) is 6.61.